The van der Waals surface area contributed by atoms with E-state index in [9.17, 15) is 9.59 Å². The highest BCUT2D eigenvalue weighted by Crippen LogP contribution is 2.34. The molecule has 0 atom stereocenters. The highest BCUT2D eigenvalue weighted by atomic mass is 16.5. The standard InChI is InChI=1S/C20H19N7O3/c1-25-11-13(9-21-25)20(29)23-16-6-4-5-15(19(16)30-3)18-17(28)7-8-27(24-18)14-10-22-26(2)12-14/h4-12H,1-3H3,(H,23,29). The number of carbonyl (C=O) groups excluding carboxylic acids is 1. The van der Waals surface area contributed by atoms with E-state index in [1.54, 1.807) is 66.4 Å². The molecule has 1 aromatic carbocycles. The molecule has 0 aliphatic carbocycles. The van der Waals surface area contributed by atoms with Crippen LogP contribution in [-0.4, -0.2) is 42.4 Å². The second kappa shape index (κ2) is 7.66. The molecule has 1 amide bonds. The largest absolute Gasteiger partial charge is 0.494 e. The van der Waals surface area contributed by atoms with Crippen LogP contribution < -0.4 is 15.5 Å². The number of anilines is 1. The Morgan fingerprint density at radius 2 is 1.83 bits per heavy atom. The van der Waals surface area contributed by atoms with E-state index in [4.69, 9.17) is 4.74 Å². The number of hydrogen-bond acceptors (Lipinski definition) is 6. The zero-order valence-electron chi connectivity index (χ0n) is 16.6. The van der Waals surface area contributed by atoms with E-state index >= 15 is 0 Å². The van der Waals surface area contributed by atoms with Gasteiger partial charge in [0.2, 0.25) is 5.43 Å². The molecular formula is C20H19N7O3. The third-order valence-corrected chi connectivity index (χ3v) is 4.45. The number of carbonyl (C=O) groups is 1. The van der Waals surface area contributed by atoms with E-state index < -0.39 is 0 Å². The van der Waals surface area contributed by atoms with Gasteiger partial charge in [0, 0.05) is 32.6 Å². The smallest absolute Gasteiger partial charge is 0.258 e. The zero-order chi connectivity index (χ0) is 21.3. The summed E-state index contributed by atoms with van der Waals surface area (Å²) in [4.78, 5) is 25.1. The molecule has 1 N–H and O–H groups in total. The quantitative estimate of drug-likeness (QED) is 0.541. The van der Waals surface area contributed by atoms with Gasteiger partial charge in [0.05, 0.1) is 42.5 Å². The Hall–Kier alpha value is -4.21. The summed E-state index contributed by atoms with van der Waals surface area (Å²) < 4.78 is 10.3. The highest BCUT2D eigenvalue weighted by molar-refractivity contribution is 6.05. The summed E-state index contributed by atoms with van der Waals surface area (Å²) in [5.41, 5.74) is 1.91. The normalized spacial score (nSPS) is 10.8. The molecule has 3 heterocycles. The number of amides is 1. The van der Waals surface area contributed by atoms with Crippen molar-refractivity contribution >= 4 is 11.6 Å². The van der Waals surface area contributed by atoms with Crippen molar-refractivity contribution in [2.24, 2.45) is 14.1 Å². The fourth-order valence-corrected chi connectivity index (χ4v) is 3.04. The van der Waals surface area contributed by atoms with Gasteiger partial charge in [-0.2, -0.15) is 15.3 Å². The lowest BCUT2D eigenvalue weighted by atomic mass is 10.1. The summed E-state index contributed by atoms with van der Waals surface area (Å²) in [5, 5.41) is 15.4. The number of nitrogens with one attached hydrogen (secondary N) is 1. The fraction of sp³-hybridized carbons (Fsp3) is 0.150. The van der Waals surface area contributed by atoms with E-state index in [2.05, 4.69) is 20.6 Å². The van der Waals surface area contributed by atoms with Crippen molar-refractivity contribution in [1.29, 1.82) is 0 Å². The van der Waals surface area contributed by atoms with Crippen molar-refractivity contribution in [2.45, 2.75) is 0 Å². The first-order valence-corrected chi connectivity index (χ1v) is 9.02. The number of aromatic nitrogens is 6. The second-order valence-corrected chi connectivity index (χ2v) is 6.59. The van der Waals surface area contributed by atoms with Crippen LogP contribution in [0.2, 0.25) is 0 Å². The van der Waals surface area contributed by atoms with Crippen molar-refractivity contribution in [2.75, 3.05) is 12.4 Å². The second-order valence-electron chi connectivity index (χ2n) is 6.59. The topological polar surface area (TPSA) is 109 Å². The Kier molecular flexibility index (Phi) is 4.88. The molecule has 3 aromatic heterocycles. The number of methoxy groups -OCH3 is 1. The number of ether oxygens (including phenoxy) is 1. The Balaban J connectivity index is 1.76. The maximum Gasteiger partial charge on any atom is 0.258 e. The number of para-hydroxylation sites is 1. The molecule has 0 bridgehead atoms. The van der Waals surface area contributed by atoms with Crippen LogP contribution in [0.3, 0.4) is 0 Å². The molecule has 0 unspecified atom stereocenters. The van der Waals surface area contributed by atoms with E-state index in [0.29, 0.717) is 28.3 Å². The Bertz CT molecular complexity index is 1290. The zero-order valence-corrected chi connectivity index (χ0v) is 16.6. The lowest BCUT2D eigenvalue weighted by Crippen LogP contribution is -2.15. The first-order valence-electron chi connectivity index (χ1n) is 9.02. The average Bonchev–Trinajstić information content (AvgIpc) is 3.36. The molecule has 0 aliphatic rings. The van der Waals surface area contributed by atoms with Crippen LogP contribution in [0.25, 0.3) is 16.9 Å². The van der Waals surface area contributed by atoms with Crippen molar-refractivity contribution in [1.82, 2.24) is 29.3 Å². The number of aryl methyl sites for hydroxylation is 2. The molecule has 0 aliphatic heterocycles. The van der Waals surface area contributed by atoms with Crippen molar-refractivity contribution in [3.63, 3.8) is 0 Å². The summed E-state index contributed by atoms with van der Waals surface area (Å²) in [6, 6.07) is 6.56. The molecular weight excluding hydrogens is 386 g/mol. The highest BCUT2D eigenvalue weighted by Gasteiger charge is 2.18. The van der Waals surface area contributed by atoms with Gasteiger partial charge in [-0.15, -0.1) is 0 Å². The van der Waals surface area contributed by atoms with Gasteiger partial charge in [0.15, 0.2) is 5.75 Å². The number of rotatable bonds is 5. The van der Waals surface area contributed by atoms with Crippen LogP contribution in [0.15, 0.2) is 60.0 Å². The summed E-state index contributed by atoms with van der Waals surface area (Å²) in [5.74, 6) is -0.00406. The molecule has 0 fully saturated rings. The van der Waals surface area contributed by atoms with Crippen LogP contribution in [0.5, 0.6) is 5.75 Å². The van der Waals surface area contributed by atoms with Crippen LogP contribution in [-0.2, 0) is 14.1 Å². The average molecular weight is 405 g/mol. The van der Waals surface area contributed by atoms with Crippen molar-refractivity contribution in [3.05, 3.63) is 71.0 Å². The van der Waals surface area contributed by atoms with Crippen LogP contribution in [0.1, 0.15) is 10.4 Å². The number of nitrogens with zero attached hydrogens (tertiary/aromatic N) is 6. The monoisotopic (exact) mass is 405 g/mol. The van der Waals surface area contributed by atoms with Crippen LogP contribution in [0.4, 0.5) is 5.69 Å². The molecule has 0 spiro atoms. The van der Waals surface area contributed by atoms with Gasteiger partial charge >= 0.3 is 0 Å². The van der Waals surface area contributed by atoms with E-state index in [1.807, 2.05) is 0 Å². The van der Waals surface area contributed by atoms with Gasteiger partial charge in [-0.25, -0.2) is 4.68 Å². The third-order valence-electron chi connectivity index (χ3n) is 4.45. The first kappa shape index (κ1) is 19.1. The Morgan fingerprint density at radius 3 is 2.50 bits per heavy atom. The maximum absolute atomic E-state index is 12.6. The summed E-state index contributed by atoms with van der Waals surface area (Å²) in [7, 11) is 5.00. The third kappa shape index (κ3) is 3.58. The van der Waals surface area contributed by atoms with Gasteiger partial charge < -0.3 is 10.1 Å². The summed E-state index contributed by atoms with van der Waals surface area (Å²) in [6.45, 7) is 0. The molecule has 4 rings (SSSR count). The molecule has 30 heavy (non-hydrogen) atoms. The lowest BCUT2D eigenvalue weighted by Gasteiger charge is -2.14. The van der Waals surface area contributed by atoms with Gasteiger partial charge in [-0.3, -0.25) is 19.0 Å². The minimum absolute atomic E-state index is 0.190. The van der Waals surface area contributed by atoms with Gasteiger partial charge in [0.25, 0.3) is 5.91 Å². The number of benzene rings is 1. The van der Waals surface area contributed by atoms with Crippen molar-refractivity contribution < 1.29 is 9.53 Å². The molecule has 0 radical (unpaired) electrons. The Morgan fingerprint density at radius 1 is 1.07 bits per heavy atom. The molecule has 10 heteroatoms. The van der Waals surface area contributed by atoms with E-state index in [1.165, 1.54) is 24.1 Å². The number of hydrogen-bond donors (Lipinski definition) is 1. The van der Waals surface area contributed by atoms with Gasteiger partial charge in [-0.1, -0.05) is 6.07 Å². The molecule has 4 aromatic rings. The van der Waals surface area contributed by atoms with Crippen molar-refractivity contribution in [3.8, 4) is 22.7 Å². The molecule has 0 saturated carbocycles. The summed E-state index contributed by atoms with van der Waals surface area (Å²) in [6.07, 6.45) is 8.07. The van der Waals surface area contributed by atoms with Crippen LogP contribution >= 0.6 is 0 Å². The minimum Gasteiger partial charge on any atom is -0.494 e. The van der Waals surface area contributed by atoms with E-state index in [-0.39, 0.29) is 17.0 Å². The minimum atomic E-state index is -0.340. The van der Waals surface area contributed by atoms with Crippen LogP contribution in [0, 0.1) is 0 Å². The predicted octanol–water partition coefficient (Wildman–Crippen LogP) is 1.63. The first-order chi connectivity index (χ1) is 14.5. The maximum atomic E-state index is 12.6. The molecule has 10 nitrogen and oxygen atoms in total. The Labute approximate surface area is 171 Å². The van der Waals surface area contributed by atoms with Gasteiger partial charge in [-0.05, 0) is 12.1 Å². The molecule has 152 valence electrons. The molecule has 0 saturated heterocycles. The fourth-order valence-electron chi connectivity index (χ4n) is 3.04. The van der Waals surface area contributed by atoms with E-state index in [0.717, 1.165) is 0 Å². The lowest BCUT2D eigenvalue weighted by molar-refractivity contribution is 0.102. The SMILES string of the molecule is COc1c(NC(=O)c2cnn(C)c2)cccc1-c1nn(-c2cnn(C)c2)ccc1=O. The van der Waals surface area contributed by atoms with Gasteiger partial charge in [0.1, 0.15) is 11.4 Å². The summed E-state index contributed by atoms with van der Waals surface area (Å²) >= 11 is 0. The predicted molar refractivity (Wildman–Crippen MR) is 110 cm³/mol.